The second kappa shape index (κ2) is 14.3. The van der Waals surface area contributed by atoms with E-state index in [1.807, 2.05) is 6.92 Å². The van der Waals surface area contributed by atoms with E-state index in [9.17, 15) is 4.79 Å². The molecular formula is C19H46N2O5Si. The SMILES string of the molecule is CC(C)(C)[Si](C)(C)C.CCC(O)CNC(=O)OC(C)(C)C.NCC(O)CO. The van der Waals surface area contributed by atoms with E-state index in [0.717, 1.165) is 0 Å². The van der Waals surface area contributed by atoms with Gasteiger partial charge in [0.1, 0.15) is 5.60 Å². The second-order valence-electron chi connectivity index (χ2n) is 9.52. The lowest BCUT2D eigenvalue weighted by atomic mass is 10.2. The third-order valence-electron chi connectivity index (χ3n) is 4.08. The quantitative estimate of drug-likeness (QED) is 0.444. The van der Waals surface area contributed by atoms with Crippen molar-refractivity contribution in [2.75, 3.05) is 19.7 Å². The van der Waals surface area contributed by atoms with Crippen LogP contribution in [0.2, 0.25) is 24.7 Å². The van der Waals surface area contributed by atoms with Crippen molar-refractivity contribution in [3.8, 4) is 0 Å². The summed E-state index contributed by atoms with van der Waals surface area (Å²) in [6.07, 6.45) is -1.09. The molecule has 0 aromatic rings. The maximum atomic E-state index is 11.0. The molecule has 7 nitrogen and oxygen atoms in total. The number of aliphatic hydroxyl groups is 3. The third-order valence-corrected chi connectivity index (χ3v) is 8.58. The highest BCUT2D eigenvalue weighted by atomic mass is 28.3. The first-order valence-electron chi connectivity index (χ1n) is 9.55. The lowest BCUT2D eigenvalue weighted by molar-refractivity contribution is 0.0490. The Labute approximate surface area is 167 Å². The first-order valence-corrected chi connectivity index (χ1v) is 13.0. The highest BCUT2D eigenvalue weighted by Crippen LogP contribution is 2.35. The minimum absolute atomic E-state index is 0.135. The van der Waals surface area contributed by atoms with Crippen molar-refractivity contribution in [2.45, 2.75) is 97.4 Å². The maximum absolute atomic E-state index is 11.0. The zero-order valence-corrected chi connectivity index (χ0v) is 20.2. The van der Waals surface area contributed by atoms with Crippen molar-refractivity contribution < 1.29 is 24.9 Å². The van der Waals surface area contributed by atoms with E-state index in [-0.39, 0.29) is 19.7 Å². The number of alkyl carbamates (subject to hydrolysis) is 1. The molecule has 0 spiro atoms. The minimum atomic E-state index is -0.859. The zero-order chi connectivity index (χ0) is 22.5. The number of nitrogens with one attached hydrogen (secondary N) is 1. The fourth-order valence-electron chi connectivity index (χ4n) is 0.734. The van der Waals surface area contributed by atoms with E-state index >= 15 is 0 Å². The largest absolute Gasteiger partial charge is 0.444 e. The maximum Gasteiger partial charge on any atom is 0.407 e. The van der Waals surface area contributed by atoms with Crippen LogP contribution >= 0.6 is 0 Å². The van der Waals surface area contributed by atoms with Gasteiger partial charge in [-0.3, -0.25) is 0 Å². The fraction of sp³-hybridized carbons (Fsp3) is 0.947. The number of carbonyl (C=O) groups excluding carboxylic acids is 1. The summed E-state index contributed by atoms with van der Waals surface area (Å²) >= 11 is 0. The average Bonchev–Trinajstić information content (AvgIpc) is 2.49. The Morgan fingerprint density at radius 3 is 1.67 bits per heavy atom. The van der Waals surface area contributed by atoms with Gasteiger partial charge in [-0.25, -0.2) is 4.79 Å². The Morgan fingerprint density at radius 2 is 1.48 bits per heavy atom. The normalized spacial score (nSPS) is 14.0. The average molecular weight is 411 g/mol. The van der Waals surface area contributed by atoms with Crippen molar-refractivity contribution in [2.24, 2.45) is 5.73 Å². The van der Waals surface area contributed by atoms with Crippen LogP contribution in [0, 0.1) is 0 Å². The zero-order valence-electron chi connectivity index (χ0n) is 19.2. The molecule has 166 valence electrons. The van der Waals surface area contributed by atoms with Gasteiger partial charge in [0.25, 0.3) is 0 Å². The van der Waals surface area contributed by atoms with Crippen LogP contribution in [-0.2, 0) is 4.74 Å². The number of carbonyl (C=O) groups is 1. The monoisotopic (exact) mass is 410 g/mol. The fourth-order valence-corrected chi connectivity index (χ4v) is 0.734. The number of hydrogen-bond acceptors (Lipinski definition) is 6. The van der Waals surface area contributed by atoms with Crippen molar-refractivity contribution in [3.05, 3.63) is 0 Å². The molecule has 0 fully saturated rings. The van der Waals surface area contributed by atoms with Gasteiger partial charge in [-0.1, -0.05) is 47.3 Å². The molecule has 0 aliphatic rings. The minimum Gasteiger partial charge on any atom is -0.444 e. The van der Waals surface area contributed by atoms with E-state index < -0.39 is 32.0 Å². The number of rotatable bonds is 5. The van der Waals surface area contributed by atoms with Crippen LogP contribution in [0.25, 0.3) is 0 Å². The number of amides is 1. The van der Waals surface area contributed by atoms with Crippen LogP contribution in [0.1, 0.15) is 54.9 Å². The first-order chi connectivity index (χ1) is 11.9. The number of hydrogen-bond donors (Lipinski definition) is 5. The van der Waals surface area contributed by atoms with Gasteiger partial charge in [0, 0.05) is 21.2 Å². The van der Waals surface area contributed by atoms with Crippen LogP contribution in [-0.4, -0.2) is 67.0 Å². The van der Waals surface area contributed by atoms with Crippen LogP contribution in [0.15, 0.2) is 0 Å². The number of ether oxygens (including phenoxy) is 1. The molecule has 0 aromatic heterocycles. The number of nitrogens with two attached hydrogens (primary N) is 1. The van der Waals surface area contributed by atoms with Gasteiger partial charge in [0.15, 0.2) is 0 Å². The Bertz CT molecular complexity index is 358. The van der Waals surface area contributed by atoms with Gasteiger partial charge >= 0.3 is 6.09 Å². The Morgan fingerprint density at radius 1 is 1.07 bits per heavy atom. The summed E-state index contributed by atoms with van der Waals surface area (Å²) in [5, 5.41) is 28.5. The van der Waals surface area contributed by atoms with Gasteiger partial charge in [-0.15, -0.1) is 0 Å². The van der Waals surface area contributed by atoms with E-state index in [1.165, 1.54) is 0 Å². The molecule has 0 bridgehead atoms. The molecule has 0 rings (SSSR count). The molecule has 8 heteroatoms. The van der Waals surface area contributed by atoms with Crippen LogP contribution in [0.5, 0.6) is 0 Å². The van der Waals surface area contributed by atoms with E-state index in [0.29, 0.717) is 11.5 Å². The van der Waals surface area contributed by atoms with Crippen LogP contribution < -0.4 is 11.1 Å². The summed E-state index contributed by atoms with van der Waals surface area (Å²) in [6.45, 7) is 21.6. The summed E-state index contributed by atoms with van der Waals surface area (Å²) in [5.74, 6) is 0. The molecule has 0 saturated carbocycles. The highest BCUT2D eigenvalue weighted by molar-refractivity contribution is 6.78. The van der Waals surface area contributed by atoms with Gasteiger partial charge in [-0.05, 0) is 32.2 Å². The van der Waals surface area contributed by atoms with E-state index in [4.69, 9.17) is 25.8 Å². The molecule has 2 unspecified atom stereocenters. The number of aliphatic hydroxyl groups excluding tert-OH is 3. The van der Waals surface area contributed by atoms with Gasteiger partial charge in [-0.2, -0.15) is 0 Å². The van der Waals surface area contributed by atoms with Gasteiger partial charge in [0.2, 0.25) is 0 Å². The molecule has 0 aliphatic carbocycles. The topological polar surface area (TPSA) is 125 Å². The molecule has 0 aliphatic heterocycles. The van der Waals surface area contributed by atoms with Crippen molar-refractivity contribution in [3.63, 3.8) is 0 Å². The summed E-state index contributed by atoms with van der Waals surface area (Å²) in [5.41, 5.74) is 4.39. The Kier molecular flexibility index (Phi) is 16.5. The predicted octanol–water partition coefficient (Wildman–Crippen LogP) is 2.71. The lowest BCUT2D eigenvalue weighted by Gasteiger charge is -2.32. The summed E-state index contributed by atoms with van der Waals surface area (Å²) < 4.78 is 4.97. The first kappa shape index (κ1) is 31.0. The molecule has 0 heterocycles. The third kappa shape index (κ3) is 23.3. The van der Waals surface area contributed by atoms with Crippen molar-refractivity contribution >= 4 is 14.2 Å². The molecule has 0 radical (unpaired) electrons. The molecule has 1 amide bonds. The molecule has 2 atom stereocenters. The summed E-state index contributed by atoms with van der Waals surface area (Å²) in [6, 6.07) is 0. The molecular weight excluding hydrogens is 364 g/mol. The van der Waals surface area contributed by atoms with Crippen LogP contribution in [0.4, 0.5) is 4.79 Å². The van der Waals surface area contributed by atoms with Crippen molar-refractivity contribution in [1.82, 2.24) is 5.32 Å². The molecule has 6 N–H and O–H groups in total. The van der Waals surface area contributed by atoms with Crippen LogP contribution in [0.3, 0.4) is 0 Å². The molecule has 0 aromatic carbocycles. The van der Waals surface area contributed by atoms with Gasteiger partial charge in [0.05, 0.1) is 18.8 Å². The lowest BCUT2D eigenvalue weighted by Crippen LogP contribution is -2.36. The summed E-state index contributed by atoms with van der Waals surface area (Å²) in [4.78, 5) is 11.0. The standard InChI is InChI=1S/C9H19NO3.C7H18Si.C3H9NO2/c1-5-7(11)6-10-8(12)13-9(2,3)4;1-7(2,3)8(4,5)6;4-1-3(6)2-5/h7,11H,5-6H2,1-4H3,(H,10,12);1-6H3;3,5-6H,1-2,4H2. The smallest absolute Gasteiger partial charge is 0.407 e. The summed E-state index contributed by atoms with van der Waals surface area (Å²) in [7, 11) is -0.859. The van der Waals surface area contributed by atoms with E-state index in [2.05, 4.69) is 45.7 Å². The molecule has 27 heavy (non-hydrogen) atoms. The second-order valence-corrected chi connectivity index (χ2v) is 15.5. The van der Waals surface area contributed by atoms with Gasteiger partial charge < -0.3 is 31.1 Å². The predicted molar refractivity (Wildman–Crippen MR) is 116 cm³/mol. The highest BCUT2D eigenvalue weighted by Gasteiger charge is 2.29. The molecule has 0 saturated heterocycles. The Hall–Kier alpha value is -0.673. The van der Waals surface area contributed by atoms with Crippen molar-refractivity contribution in [1.29, 1.82) is 0 Å². The van der Waals surface area contributed by atoms with E-state index in [1.54, 1.807) is 20.8 Å². The Balaban J connectivity index is -0.000000351.